The van der Waals surface area contributed by atoms with Crippen LogP contribution in [0.25, 0.3) is 0 Å². The highest BCUT2D eigenvalue weighted by molar-refractivity contribution is 5.76. The van der Waals surface area contributed by atoms with E-state index in [9.17, 15) is 4.79 Å². The maximum Gasteiger partial charge on any atom is 0.221 e. The molecule has 2 N–H and O–H groups in total. The minimum atomic E-state index is 0.170. The zero-order valence-corrected chi connectivity index (χ0v) is 11.8. The Morgan fingerprint density at radius 1 is 1.41 bits per heavy atom. The Balaban J connectivity index is 2.06. The summed E-state index contributed by atoms with van der Waals surface area (Å²) in [5.41, 5.74) is 0.484. The third-order valence-corrected chi connectivity index (χ3v) is 3.46. The van der Waals surface area contributed by atoms with Gasteiger partial charge in [0.05, 0.1) is 0 Å². The zero-order valence-electron chi connectivity index (χ0n) is 11.8. The molecule has 1 saturated carbocycles. The van der Waals surface area contributed by atoms with Gasteiger partial charge in [-0.1, -0.05) is 27.7 Å². The van der Waals surface area contributed by atoms with Crippen molar-refractivity contribution in [3.05, 3.63) is 0 Å². The summed E-state index contributed by atoms with van der Waals surface area (Å²) in [5, 5.41) is 6.44. The second-order valence-electron chi connectivity index (χ2n) is 6.51. The van der Waals surface area contributed by atoms with Gasteiger partial charge in [0, 0.05) is 25.6 Å². The summed E-state index contributed by atoms with van der Waals surface area (Å²) in [6, 6.07) is 0.614. The number of carbonyl (C=O) groups excluding carboxylic acids is 1. The van der Waals surface area contributed by atoms with E-state index in [2.05, 4.69) is 38.3 Å². The number of amides is 1. The monoisotopic (exact) mass is 240 g/mol. The van der Waals surface area contributed by atoms with Crippen molar-refractivity contribution in [2.24, 2.45) is 11.3 Å². The Morgan fingerprint density at radius 2 is 2.12 bits per heavy atom. The maximum atomic E-state index is 11.5. The summed E-state index contributed by atoms with van der Waals surface area (Å²) in [4.78, 5) is 11.5. The molecule has 0 bridgehead atoms. The van der Waals surface area contributed by atoms with Crippen LogP contribution in [-0.4, -0.2) is 25.0 Å². The van der Waals surface area contributed by atoms with E-state index in [0.29, 0.717) is 23.8 Å². The normalized spacial score (nSPS) is 23.0. The van der Waals surface area contributed by atoms with Gasteiger partial charge in [-0.3, -0.25) is 4.79 Å². The van der Waals surface area contributed by atoms with E-state index >= 15 is 0 Å². The summed E-state index contributed by atoms with van der Waals surface area (Å²) < 4.78 is 0. The smallest absolute Gasteiger partial charge is 0.221 e. The topological polar surface area (TPSA) is 41.1 Å². The van der Waals surface area contributed by atoms with Crippen molar-refractivity contribution >= 4 is 5.91 Å². The lowest BCUT2D eigenvalue weighted by molar-refractivity contribution is -0.121. The summed E-state index contributed by atoms with van der Waals surface area (Å²) in [5.74, 6) is 0.700. The standard InChI is InChI=1S/C14H28N2O/c1-11(2)10-16-13(17)6-8-15-12-5-7-14(3,4)9-12/h11-12,15H,5-10H2,1-4H3,(H,16,17). The predicted octanol–water partition coefficient (Wildman–Crippen LogP) is 2.32. The van der Waals surface area contributed by atoms with E-state index in [1.807, 2.05) is 0 Å². The number of hydrogen-bond donors (Lipinski definition) is 2. The van der Waals surface area contributed by atoms with Crippen LogP contribution in [0, 0.1) is 11.3 Å². The molecule has 1 aliphatic carbocycles. The molecule has 1 aliphatic rings. The SMILES string of the molecule is CC(C)CNC(=O)CCNC1CCC(C)(C)C1. The molecule has 0 saturated heterocycles. The van der Waals surface area contributed by atoms with Gasteiger partial charge in [0.2, 0.25) is 5.91 Å². The van der Waals surface area contributed by atoms with Crippen molar-refractivity contribution in [3.8, 4) is 0 Å². The molecule has 1 atom stereocenters. The van der Waals surface area contributed by atoms with E-state index in [-0.39, 0.29) is 5.91 Å². The van der Waals surface area contributed by atoms with E-state index in [4.69, 9.17) is 0 Å². The van der Waals surface area contributed by atoms with Crippen molar-refractivity contribution in [1.29, 1.82) is 0 Å². The van der Waals surface area contributed by atoms with Gasteiger partial charge in [0.25, 0.3) is 0 Å². The van der Waals surface area contributed by atoms with Gasteiger partial charge in [-0.05, 0) is 30.6 Å². The first kappa shape index (κ1) is 14.5. The van der Waals surface area contributed by atoms with Gasteiger partial charge in [0.15, 0.2) is 0 Å². The zero-order chi connectivity index (χ0) is 12.9. The molecular formula is C14H28N2O. The molecule has 0 aromatic rings. The van der Waals surface area contributed by atoms with Crippen LogP contribution in [0.5, 0.6) is 0 Å². The summed E-state index contributed by atoms with van der Waals surface area (Å²) in [6.45, 7) is 10.5. The van der Waals surface area contributed by atoms with Crippen LogP contribution < -0.4 is 10.6 Å². The van der Waals surface area contributed by atoms with Crippen molar-refractivity contribution in [2.45, 2.75) is 59.4 Å². The molecule has 0 aromatic heterocycles. The Kier molecular flexibility index (Phi) is 5.44. The van der Waals surface area contributed by atoms with E-state index in [1.54, 1.807) is 0 Å². The highest BCUT2D eigenvalue weighted by atomic mass is 16.1. The molecule has 17 heavy (non-hydrogen) atoms. The fourth-order valence-electron chi connectivity index (χ4n) is 2.41. The van der Waals surface area contributed by atoms with E-state index in [0.717, 1.165) is 13.1 Å². The van der Waals surface area contributed by atoms with Crippen molar-refractivity contribution in [2.75, 3.05) is 13.1 Å². The van der Waals surface area contributed by atoms with Gasteiger partial charge in [0.1, 0.15) is 0 Å². The maximum absolute atomic E-state index is 11.5. The van der Waals surface area contributed by atoms with Crippen molar-refractivity contribution < 1.29 is 4.79 Å². The van der Waals surface area contributed by atoms with E-state index < -0.39 is 0 Å². The quantitative estimate of drug-likeness (QED) is 0.748. The second kappa shape index (κ2) is 6.39. The Morgan fingerprint density at radius 3 is 2.65 bits per heavy atom. The first-order valence-corrected chi connectivity index (χ1v) is 6.89. The Labute approximate surface area is 106 Å². The molecule has 3 nitrogen and oxygen atoms in total. The molecule has 100 valence electrons. The molecule has 0 heterocycles. The molecule has 0 aromatic carbocycles. The molecule has 1 fully saturated rings. The summed E-state index contributed by atoms with van der Waals surface area (Å²) in [6.07, 6.45) is 4.38. The molecule has 1 unspecified atom stereocenters. The lowest BCUT2D eigenvalue weighted by Gasteiger charge is -2.17. The first-order valence-electron chi connectivity index (χ1n) is 6.89. The van der Waals surface area contributed by atoms with Crippen LogP contribution in [0.4, 0.5) is 0 Å². The van der Waals surface area contributed by atoms with Gasteiger partial charge >= 0.3 is 0 Å². The first-order chi connectivity index (χ1) is 7.89. The van der Waals surface area contributed by atoms with Crippen molar-refractivity contribution in [3.63, 3.8) is 0 Å². The third kappa shape index (κ3) is 6.06. The van der Waals surface area contributed by atoms with Crippen LogP contribution in [0.1, 0.15) is 53.4 Å². The number of nitrogens with one attached hydrogen (secondary N) is 2. The lowest BCUT2D eigenvalue weighted by atomic mass is 9.92. The number of carbonyl (C=O) groups is 1. The molecule has 1 amide bonds. The Bertz CT molecular complexity index is 249. The molecule has 0 aliphatic heterocycles. The van der Waals surface area contributed by atoms with Crippen LogP contribution in [0.15, 0.2) is 0 Å². The molecular weight excluding hydrogens is 212 g/mol. The fourth-order valence-corrected chi connectivity index (χ4v) is 2.41. The largest absolute Gasteiger partial charge is 0.356 e. The summed E-state index contributed by atoms with van der Waals surface area (Å²) in [7, 11) is 0. The predicted molar refractivity (Wildman–Crippen MR) is 71.9 cm³/mol. The van der Waals surface area contributed by atoms with Crippen LogP contribution >= 0.6 is 0 Å². The highest BCUT2D eigenvalue weighted by Gasteiger charge is 2.30. The van der Waals surface area contributed by atoms with Crippen molar-refractivity contribution in [1.82, 2.24) is 10.6 Å². The Hall–Kier alpha value is -0.570. The average Bonchev–Trinajstić information content (AvgIpc) is 2.55. The van der Waals surface area contributed by atoms with Gasteiger partial charge in [-0.25, -0.2) is 0 Å². The fraction of sp³-hybridized carbons (Fsp3) is 0.929. The average molecular weight is 240 g/mol. The van der Waals surface area contributed by atoms with Crippen LogP contribution in [0.3, 0.4) is 0 Å². The number of hydrogen-bond acceptors (Lipinski definition) is 2. The minimum absolute atomic E-state index is 0.170. The molecule has 1 rings (SSSR count). The van der Waals surface area contributed by atoms with Gasteiger partial charge in [-0.15, -0.1) is 0 Å². The molecule has 0 spiro atoms. The number of rotatable bonds is 6. The molecule has 0 radical (unpaired) electrons. The second-order valence-corrected chi connectivity index (χ2v) is 6.51. The highest BCUT2D eigenvalue weighted by Crippen LogP contribution is 2.36. The van der Waals surface area contributed by atoms with Crippen LogP contribution in [0.2, 0.25) is 0 Å². The van der Waals surface area contributed by atoms with E-state index in [1.165, 1.54) is 19.3 Å². The van der Waals surface area contributed by atoms with Gasteiger partial charge in [-0.2, -0.15) is 0 Å². The summed E-state index contributed by atoms with van der Waals surface area (Å²) >= 11 is 0. The third-order valence-electron chi connectivity index (χ3n) is 3.46. The minimum Gasteiger partial charge on any atom is -0.356 e. The van der Waals surface area contributed by atoms with Crippen LogP contribution in [-0.2, 0) is 4.79 Å². The lowest BCUT2D eigenvalue weighted by Crippen LogP contribution is -2.33. The molecule has 3 heteroatoms. The van der Waals surface area contributed by atoms with Gasteiger partial charge < -0.3 is 10.6 Å².